The van der Waals surface area contributed by atoms with Crippen LogP contribution in [0, 0.1) is 5.82 Å². The summed E-state index contributed by atoms with van der Waals surface area (Å²) in [7, 11) is 0. The largest absolute Gasteiger partial charge is 0.488 e. The van der Waals surface area contributed by atoms with Crippen molar-refractivity contribution in [3.63, 3.8) is 0 Å². The molecule has 2 aromatic carbocycles. The summed E-state index contributed by atoms with van der Waals surface area (Å²) in [4.78, 5) is 25.5. The van der Waals surface area contributed by atoms with Crippen LogP contribution in [0.1, 0.15) is 22.2 Å². The highest BCUT2D eigenvalue weighted by atomic mass is 32.1. The Hall–Kier alpha value is -3.39. The molecule has 0 spiro atoms. The molecule has 2 amide bonds. The van der Waals surface area contributed by atoms with Crippen LogP contribution in [0.4, 0.5) is 4.39 Å². The topological polar surface area (TPSA) is 76.7 Å². The lowest BCUT2D eigenvalue weighted by Gasteiger charge is -2.15. The van der Waals surface area contributed by atoms with Gasteiger partial charge in [0, 0.05) is 10.4 Å². The molecule has 1 unspecified atom stereocenters. The van der Waals surface area contributed by atoms with E-state index in [1.54, 1.807) is 41.7 Å². The Bertz CT molecular complexity index is 978. The van der Waals surface area contributed by atoms with E-state index in [1.807, 2.05) is 17.5 Å². The second kappa shape index (κ2) is 9.70. The van der Waals surface area contributed by atoms with E-state index in [-0.39, 0.29) is 5.75 Å². The summed E-state index contributed by atoms with van der Waals surface area (Å²) >= 11 is 1.58. The number of para-hydroxylation sites is 1. The van der Waals surface area contributed by atoms with Crippen molar-refractivity contribution in [3.05, 3.63) is 82.3 Å². The van der Waals surface area contributed by atoms with Gasteiger partial charge in [-0.05, 0) is 48.7 Å². The number of hydrazine groups is 1. The fourth-order valence-corrected chi connectivity index (χ4v) is 2.97. The number of carbonyl (C=O) groups is 2. The van der Waals surface area contributed by atoms with Crippen LogP contribution in [0.2, 0.25) is 0 Å². The molecule has 0 aliphatic heterocycles. The molecule has 0 aliphatic rings. The first-order chi connectivity index (χ1) is 14.0. The molecular weight excluding hydrogens is 395 g/mol. The molecule has 1 heterocycles. The van der Waals surface area contributed by atoms with Crippen LogP contribution in [0.25, 0.3) is 0 Å². The lowest BCUT2D eigenvalue weighted by atomic mass is 10.2. The zero-order valence-electron chi connectivity index (χ0n) is 15.6. The summed E-state index contributed by atoms with van der Waals surface area (Å²) < 4.78 is 24.5. The van der Waals surface area contributed by atoms with Crippen molar-refractivity contribution >= 4 is 23.2 Å². The predicted octanol–water partition coefficient (Wildman–Crippen LogP) is 3.69. The first kappa shape index (κ1) is 20.3. The second-order valence-corrected chi connectivity index (χ2v) is 7.06. The minimum atomic E-state index is -1.01. The van der Waals surface area contributed by atoms with Crippen LogP contribution >= 0.6 is 11.3 Å². The summed E-state index contributed by atoms with van der Waals surface area (Å²) in [6.45, 7) is 1.86. The summed E-state index contributed by atoms with van der Waals surface area (Å²) in [6, 6.07) is 16.3. The molecule has 1 atom stereocenters. The van der Waals surface area contributed by atoms with Crippen molar-refractivity contribution in [1.82, 2.24) is 10.9 Å². The molecule has 1 aromatic heterocycles. The van der Waals surface area contributed by atoms with E-state index in [4.69, 9.17) is 9.47 Å². The normalized spacial score (nSPS) is 11.4. The van der Waals surface area contributed by atoms with Gasteiger partial charge < -0.3 is 9.47 Å². The highest BCUT2D eigenvalue weighted by Crippen LogP contribution is 2.18. The molecule has 0 fully saturated rings. The first-order valence-corrected chi connectivity index (χ1v) is 9.67. The van der Waals surface area contributed by atoms with Crippen molar-refractivity contribution < 1.29 is 23.5 Å². The summed E-state index contributed by atoms with van der Waals surface area (Å²) in [5, 5.41) is 1.96. The summed E-state index contributed by atoms with van der Waals surface area (Å²) in [6.07, 6.45) is -1.01. The number of amides is 2. The number of carbonyl (C=O) groups excluding carboxylic acids is 2. The number of ether oxygens (including phenoxy) is 2. The molecule has 0 radical (unpaired) electrons. The number of thiophene rings is 1. The van der Waals surface area contributed by atoms with Gasteiger partial charge in [0.05, 0.1) is 0 Å². The third-order valence-electron chi connectivity index (χ3n) is 3.87. The maximum absolute atomic E-state index is 13.6. The Balaban J connectivity index is 1.51. The van der Waals surface area contributed by atoms with E-state index in [9.17, 15) is 14.0 Å². The summed E-state index contributed by atoms with van der Waals surface area (Å²) in [5.41, 5.74) is 4.90. The predicted molar refractivity (Wildman–Crippen MR) is 107 cm³/mol. The van der Waals surface area contributed by atoms with Crippen LogP contribution in [0.5, 0.6) is 11.5 Å². The van der Waals surface area contributed by atoms with Gasteiger partial charge >= 0.3 is 0 Å². The highest BCUT2D eigenvalue weighted by molar-refractivity contribution is 7.09. The van der Waals surface area contributed by atoms with Crippen molar-refractivity contribution in [2.45, 2.75) is 19.6 Å². The average Bonchev–Trinajstić information content (AvgIpc) is 3.25. The van der Waals surface area contributed by atoms with E-state index < -0.39 is 23.7 Å². The maximum atomic E-state index is 13.6. The van der Waals surface area contributed by atoms with Crippen molar-refractivity contribution in [2.75, 3.05) is 0 Å². The van der Waals surface area contributed by atoms with E-state index in [2.05, 4.69) is 10.9 Å². The quantitative estimate of drug-likeness (QED) is 0.578. The van der Waals surface area contributed by atoms with Crippen LogP contribution in [-0.4, -0.2) is 17.9 Å². The van der Waals surface area contributed by atoms with Gasteiger partial charge in [-0.3, -0.25) is 20.4 Å². The average molecular weight is 414 g/mol. The second-order valence-electron chi connectivity index (χ2n) is 6.03. The molecule has 0 saturated carbocycles. The maximum Gasteiger partial charge on any atom is 0.279 e. The Morgan fingerprint density at radius 3 is 2.66 bits per heavy atom. The monoisotopic (exact) mass is 414 g/mol. The molecule has 0 saturated heterocycles. The molecule has 29 heavy (non-hydrogen) atoms. The van der Waals surface area contributed by atoms with Gasteiger partial charge in [-0.1, -0.05) is 24.3 Å². The van der Waals surface area contributed by atoms with Gasteiger partial charge in [-0.15, -0.1) is 11.3 Å². The fourth-order valence-electron chi connectivity index (χ4n) is 2.35. The first-order valence-electron chi connectivity index (χ1n) is 8.79. The highest BCUT2D eigenvalue weighted by Gasteiger charge is 2.17. The van der Waals surface area contributed by atoms with Crippen molar-refractivity contribution in [2.24, 2.45) is 0 Å². The van der Waals surface area contributed by atoms with Gasteiger partial charge in [0.25, 0.3) is 11.8 Å². The zero-order chi connectivity index (χ0) is 20.6. The molecule has 150 valence electrons. The lowest BCUT2D eigenvalue weighted by molar-refractivity contribution is -0.128. The molecular formula is C21H19FN2O4S. The smallest absolute Gasteiger partial charge is 0.279 e. The van der Waals surface area contributed by atoms with Crippen LogP contribution in [0.3, 0.4) is 0 Å². The Labute approximate surface area is 171 Å². The number of halogens is 1. The molecule has 6 nitrogen and oxygen atoms in total. The minimum Gasteiger partial charge on any atom is -0.488 e. The third kappa shape index (κ3) is 5.79. The van der Waals surface area contributed by atoms with E-state index in [1.165, 1.54) is 25.1 Å². The van der Waals surface area contributed by atoms with Crippen molar-refractivity contribution in [3.8, 4) is 11.5 Å². The van der Waals surface area contributed by atoms with Gasteiger partial charge in [0.15, 0.2) is 17.7 Å². The minimum absolute atomic E-state index is 0.0444. The van der Waals surface area contributed by atoms with Crippen LogP contribution in [0.15, 0.2) is 66.0 Å². The molecule has 0 aliphatic carbocycles. The number of hydrogen-bond donors (Lipinski definition) is 2. The number of rotatable bonds is 7. The third-order valence-corrected chi connectivity index (χ3v) is 4.72. The fraction of sp³-hybridized carbons (Fsp3) is 0.143. The lowest BCUT2D eigenvalue weighted by Crippen LogP contribution is -2.47. The van der Waals surface area contributed by atoms with Crippen LogP contribution in [-0.2, 0) is 11.4 Å². The Morgan fingerprint density at radius 2 is 1.90 bits per heavy atom. The Kier molecular flexibility index (Phi) is 6.80. The van der Waals surface area contributed by atoms with Gasteiger partial charge in [0.2, 0.25) is 0 Å². The van der Waals surface area contributed by atoms with Crippen molar-refractivity contribution in [1.29, 1.82) is 0 Å². The Morgan fingerprint density at radius 1 is 1.07 bits per heavy atom. The van der Waals surface area contributed by atoms with Gasteiger partial charge in [0.1, 0.15) is 12.4 Å². The summed E-state index contributed by atoms with van der Waals surface area (Å²) in [5.74, 6) is -1.22. The van der Waals surface area contributed by atoms with E-state index in [0.29, 0.717) is 17.9 Å². The van der Waals surface area contributed by atoms with Gasteiger partial charge in [-0.2, -0.15) is 0 Å². The van der Waals surface area contributed by atoms with Crippen LogP contribution < -0.4 is 20.3 Å². The number of hydrogen-bond acceptors (Lipinski definition) is 5. The number of nitrogens with one attached hydrogen (secondary N) is 2. The SMILES string of the molecule is CC(Oc1ccccc1F)C(=O)NNC(=O)c1cccc(OCc2cccs2)c1. The zero-order valence-corrected chi connectivity index (χ0v) is 16.4. The molecule has 3 rings (SSSR count). The standard InChI is InChI=1S/C21H19FN2O4S/c1-14(28-19-10-3-2-9-18(19)22)20(25)23-24-21(26)15-6-4-7-16(12-15)27-13-17-8-5-11-29-17/h2-12,14H,13H2,1H3,(H,23,25)(H,24,26). The molecule has 8 heteroatoms. The molecule has 2 N–H and O–H groups in total. The molecule has 0 bridgehead atoms. The van der Waals surface area contributed by atoms with E-state index >= 15 is 0 Å². The molecule has 3 aromatic rings. The number of benzene rings is 2. The van der Waals surface area contributed by atoms with Gasteiger partial charge in [-0.25, -0.2) is 4.39 Å². The van der Waals surface area contributed by atoms with E-state index in [0.717, 1.165) is 4.88 Å².